The molecule has 3 nitrogen and oxygen atoms in total. The maximum Gasteiger partial charge on any atom is 0.101 e. The third kappa shape index (κ3) is 3.45. The fourth-order valence-electron chi connectivity index (χ4n) is 1.68. The van der Waals surface area contributed by atoms with Gasteiger partial charge < -0.3 is 5.32 Å². The van der Waals surface area contributed by atoms with E-state index in [1.54, 1.807) is 12.3 Å². The zero-order valence-corrected chi connectivity index (χ0v) is 9.53. The number of nitrogens with zero attached hydrogens (tertiary/aromatic N) is 2. The lowest BCUT2D eigenvalue weighted by Crippen LogP contribution is -2.22. The molecule has 1 saturated heterocycles. The molecule has 1 aliphatic heterocycles. The van der Waals surface area contributed by atoms with E-state index in [4.69, 9.17) is 5.26 Å². The second-order valence-electron chi connectivity index (χ2n) is 3.90. The van der Waals surface area contributed by atoms with E-state index in [1.807, 2.05) is 6.08 Å². The minimum Gasteiger partial charge on any atom is -0.316 e. The molecule has 0 amide bonds. The predicted molar refractivity (Wildman–Crippen MR) is 66.0 cm³/mol. The zero-order valence-electron chi connectivity index (χ0n) is 9.53. The quantitative estimate of drug-likeness (QED) is 0.680. The summed E-state index contributed by atoms with van der Waals surface area (Å²) in [6.45, 7) is 2.08. The van der Waals surface area contributed by atoms with Crippen LogP contribution in [0.4, 0.5) is 0 Å². The van der Waals surface area contributed by atoms with Gasteiger partial charge in [0.2, 0.25) is 0 Å². The van der Waals surface area contributed by atoms with Crippen LogP contribution in [-0.4, -0.2) is 18.1 Å². The molecule has 0 spiro atoms. The lowest BCUT2D eigenvalue weighted by molar-refractivity contribution is 0.610. The summed E-state index contributed by atoms with van der Waals surface area (Å²) in [5, 5.41) is 12.0. The smallest absolute Gasteiger partial charge is 0.101 e. The molecule has 0 bridgehead atoms. The fourth-order valence-corrected chi connectivity index (χ4v) is 1.68. The van der Waals surface area contributed by atoms with Crippen molar-refractivity contribution in [2.24, 2.45) is 0 Å². The van der Waals surface area contributed by atoms with Gasteiger partial charge in [0.25, 0.3) is 0 Å². The maximum atomic E-state index is 8.73. The Morgan fingerprint density at radius 1 is 1.24 bits per heavy atom. The van der Waals surface area contributed by atoms with Gasteiger partial charge in [-0.2, -0.15) is 5.26 Å². The topological polar surface area (TPSA) is 48.7 Å². The number of piperidine rings is 1. The van der Waals surface area contributed by atoms with Crippen LogP contribution in [0.3, 0.4) is 0 Å². The number of allylic oxidation sites excluding steroid dienone is 1. The number of pyridine rings is 1. The summed E-state index contributed by atoms with van der Waals surface area (Å²) >= 11 is 0. The van der Waals surface area contributed by atoms with E-state index in [2.05, 4.69) is 28.2 Å². The molecule has 0 radical (unpaired) electrons. The van der Waals surface area contributed by atoms with E-state index in [9.17, 15) is 0 Å². The molecule has 0 aromatic carbocycles. The van der Waals surface area contributed by atoms with Gasteiger partial charge >= 0.3 is 0 Å². The van der Waals surface area contributed by atoms with Crippen molar-refractivity contribution in [1.29, 1.82) is 5.26 Å². The molecule has 3 heteroatoms. The van der Waals surface area contributed by atoms with E-state index >= 15 is 0 Å². The number of aromatic nitrogens is 1. The molecule has 0 atom stereocenters. The molecule has 1 fully saturated rings. The summed E-state index contributed by atoms with van der Waals surface area (Å²) < 4.78 is 0. The lowest BCUT2D eigenvalue weighted by Gasteiger charge is -2.13. The van der Waals surface area contributed by atoms with Crippen LogP contribution in [-0.2, 0) is 0 Å². The van der Waals surface area contributed by atoms with Crippen molar-refractivity contribution in [3.8, 4) is 17.9 Å². The van der Waals surface area contributed by atoms with Crippen LogP contribution in [0.25, 0.3) is 0 Å². The van der Waals surface area contributed by atoms with Crippen molar-refractivity contribution in [3.05, 3.63) is 41.2 Å². The van der Waals surface area contributed by atoms with Gasteiger partial charge in [0, 0.05) is 18.0 Å². The molecule has 1 aromatic heterocycles. The summed E-state index contributed by atoms with van der Waals surface area (Å²) in [5.74, 6) is 6.04. The van der Waals surface area contributed by atoms with Gasteiger partial charge in [-0.05, 0) is 38.1 Å². The van der Waals surface area contributed by atoms with E-state index in [0.717, 1.165) is 31.5 Å². The number of rotatable bonds is 0. The van der Waals surface area contributed by atoms with E-state index in [1.165, 1.54) is 11.8 Å². The highest BCUT2D eigenvalue weighted by molar-refractivity contribution is 5.40. The molecule has 1 aliphatic rings. The van der Waals surface area contributed by atoms with Crippen LogP contribution >= 0.6 is 0 Å². The molecule has 0 aliphatic carbocycles. The summed E-state index contributed by atoms with van der Waals surface area (Å²) in [6.07, 6.45) is 7.35. The average molecular weight is 223 g/mol. The number of nitrogens with one attached hydrogen (secondary N) is 1. The average Bonchev–Trinajstić information content (AvgIpc) is 2.40. The Morgan fingerprint density at radius 2 is 2.00 bits per heavy atom. The third-order valence-electron chi connectivity index (χ3n) is 2.61. The van der Waals surface area contributed by atoms with Gasteiger partial charge in [-0.15, -0.1) is 0 Å². The lowest BCUT2D eigenvalue weighted by atomic mass is 10.1. The molecule has 17 heavy (non-hydrogen) atoms. The van der Waals surface area contributed by atoms with Gasteiger partial charge in [-0.25, -0.2) is 0 Å². The van der Waals surface area contributed by atoms with Gasteiger partial charge in [0.1, 0.15) is 6.07 Å². The molecule has 2 heterocycles. The van der Waals surface area contributed by atoms with E-state index in [0.29, 0.717) is 5.56 Å². The molecule has 0 unspecified atom stereocenters. The highest BCUT2D eigenvalue weighted by Gasteiger charge is 2.02. The van der Waals surface area contributed by atoms with Crippen LogP contribution in [0.5, 0.6) is 0 Å². The first-order chi connectivity index (χ1) is 8.38. The Labute approximate surface area is 101 Å². The normalized spacial score (nSPS) is 14.4. The first-order valence-electron chi connectivity index (χ1n) is 5.64. The molecule has 84 valence electrons. The van der Waals surface area contributed by atoms with Gasteiger partial charge in [0.05, 0.1) is 5.56 Å². The Balaban J connectivity index is 2.07. The third-order valence-corrected chi connectivity index (χ3v) is 2.61. The number of hydrogen-bond acceptors (Lipinski definition) is 3. The Kier molecular flexibility index (Phi) is 3.91. The largest absolute Gasteiger partial charge is 0.316 e. The highest BCUT2D eigenvalue weighted by atomic mass is 14.9. The predicted octanol–water partition coefficient (Wildman–Crippen LogP) is 1.61. The van der Waals surface area contributed by atoms with Gasteiger partial charge in [-0.1, -0.05) is 17.4 Å². The summed E-state index contributed by atoms with van der Waals surface area (Å²) in [7, 11) is 0. The van der Waals surface area contributed by atoms with Crippen molar-refractivity contribution in [2.45, 2.75) is 12.8 Å². The highest BCUT2D eigenvalue weighted by Crippen LogP contribution is 2.08. The van der Waals surface area contributed by atoms with Gasteiger partial charge in [-0.3, -0.25) is 4.98 Å². The van der Waals surface area contributed by atoms with Crippen LogP contribution in [0, 0.1) is 23.2 Å². The SMILES string of the molecule is N#Cc1cncc(C#CC=C2CCNCC2)c1. The summed E-state index contributed by atoms with van der Waals surface area (Å²) in [5.41, 5.74) is 2.72. The van der Waals surface area contributed by atoms with Crippen molar-refractivity contribution >= 4 is 0 Å². The van der Waals surface area contributed by atoms with E-state index < -0.39 is 0 Å². The minimum absolute atomic E-state index is 0.548. The summed E-state index contributed by atoms with van der Waals surface area (Å²) in [4.78, 5) is 3.97. The Hall–Kier alpha value is -2.10. The molecule has 2 rings (SSSR count). The fraction of sp³-hybridized carbons (Fsp3) is 0.286. The molecular formula is C14H13N3. The molecule has 0 saturated carbocycles. The minimum atomic E-state index is 0.548. The summed E-state index contributed by atoms with van der Waals surface area (Å²) in [6, 6.07) is 3.80. The maximum absolute atomic E-state index is 8.73. The first-order valence-corrected chi connectivity index (χ1v) is 5.64. The van der Waals surface area contributed by atoms with Crippen molar-refractivity contribution in [3.63, 3.8) is 0 Å². The van der Waals surface area contributed by atoms with Crippen LogP contribution < -0.4 is 5.32 Å². The second-order valence-corrected chi connectivity index (χ2v) is 3.90. The van der Waals surface area contributed by atoms with Crippen molar-refractivity contribution in [2.75, 3.05) is 13.1 Å². The van der Waals surface area contributed by atoms with Crippen LogP contribution in [0.15, 0.2) is 30.1 Å². The molecular weight excluding hydrogens is 210 g/mol. The Bertz CT molecular complexity index is 518. The molecule has 1 N–H and O–H groups in total. The van der Waals surface area contributed by atoms with Crippen molar-refractivity contribution in [1.82, 2.24) is 10.3 Å². The monoisotopic (exact) mass is 223 g/mol. The second kappa shape index (κ2) is 5.84. The first kappa shape index (κ1) is 11.4. The van der Waals surface area contributed by atoms with E-state index in [-0.39, 0.29) is 0 Å². The van der Waals surface area contributed by atoms with Crippen molar-refractivity contribution < 1.29 is 0 Å². The number of hydrogen-bond donors (Lipinski definition) is 1. The standard InChI is InChI=1S/C14H13N3/c15-9-14-8-13(10-17-11-14)3-1-2-12-4-6-16-7-5-12/h2,8,10-11,16H,4-7H2. The Morgan fingerprint density at radius 3 is 2.76 bits per heavy atom. The van der Waals surface area contributed by atoms with Crippen LogP contribution in [0.1, 0.15) is 24.0 Å². The zero-order chi connectivity index (χ0) is 11.9. The number of nitriles is 1. The van der Waals surface area contributed by atoms with Crippen LogP contribution in [0.2, 0.25) is 0 Å². The molecule has 1 aromatic rings. The van der Waals surface area contributed by atoms with Gasteiger partial charge in [0.15, 0.2) is 0 Å².